The van der Waals surface area contributed by atoms with E-state index in [9.17, 15) is 17.2 Å². The van der Waals surface area contributed by atoms with E-state index in [1.54, 1.807) is 24.3 Å². The summed E-state index contributed by atoms with van der Waals surface area (Å²) in [5.74, 6) is -1.99. The average Bonchev–Trinajstić information content (AvgIpc) is 3.05. The number of halogens is 2. The smallest absolute Gasteiger partial charge is 0.264 e. The van der Waals surface area contributed by atoms with E-state index in [1.807, 2.05) is 24.3 Å². The Morgan fingerprint density at radius 1 is 0.926 bits per heavy atom. The Balaban J connectivity index is 1.60. The monoisotopic (exact) mass is 402 g/mol. The van der Waals surface area contributed by atoms with Crippen molar-refractivity contribution in [3.63, 3.8) is 0 Å². The molecule has 3 aromatic carbocycles. The molecule has 136 valence electrons. The predicted molar refractivity (Wildman–Crippen MR) is 102 cm³/mol. The zero-order valence-electron chi connectivity index (χ0n) is 13.7. The van der Waals surface area contributed by atoms with E-state index in [0.29, 0.717) is 6.07 Å². The lowest BCUT2D eigenvalue weighted by atomic mass is 10.2. The van der Waals surface area contributed by atoms with Crippen LogP contribution in [0.1, 0.15) is 0 Å². The Labute approximate surface area is 158 Å². The van der Waals surface area contributed by atoms with Gasteiger partial charge in [-0.1, -0.05) is 12.1 Å². The molecule has 0 saturated heterocycles. The Morgan fingerprint density at radius 3 is 2.37 bits per heavy atom. The number of nitrogens with one attached hydrogen (secondary N) is 1. The highest BCUT2D eigenvalue weighted by Crippen LogP contribution is 2.31. The van der Waals surface area contributed by atoms with Gasteiger partial charge in [-0.05, 0) is 48.5 Å². The lowest BCUT2D eigenvalue weighted by Gasteiger charge is -2.09. The quantitative estimate of drug-likeness (QED) is 0.520. The van der Waals surface area contributed by atoms with Crippen molar-refractivity contribution in [2.75, 3.05) is 4.72 Å². The van der Waals surface area contributed by atoms with Crippen molar-refractivity contribution in [3.05, 3.63) is 78.4 Å². The van der Waals surface area contributed by atoms with Crippen molar-refractivity contribution in [2.45, 2.75) is 4.90 Å². The summed E-state index contributed by atoms with van der Waals surface area (Å²) in [6, 6.07) is 16.7. The number of thiazole rings is 1. The molecular formula is C19H12F2N2O2S2. The van der Waals surface area contributed by atoms with Crippen LogP contribution in [0.15, 0.2) is 71.6 Å². The van der Waals surface area contributed by atoms with Gasteiger partial charge in [-0.25, -0.2) is 22.2 Å². The minimum atomic E-state index is -4.16. The Bertz CT molecular complexity index is 1200. The lowest BCUT2D eigenvalue weighted by Crippen LogP contribution is -2.14. The molecule has 0 radical (unpaired) electrons. The Morgan fingerprint density at radius 2 is 1.67 bits per heavy atom. The van der Waals surface area contributed by atoms with E-state index < -0.39 is 26.6 Å². The molecule has 0 aliphatic heterocycles. The van der Waals surface area contributed by atoms with Crippen LogP contribution in [0.4, 0.5) is 14.5 Å². The van der Waals surface area contributed by atoms with Gasteiger partial charge in [0.2, 0.25) is 0 Å². The van der Waals surface area contributed by atoms with Gasteiger partial charge in [-0.2, -0.15) is 0 Å². The van der Waals surface area contributed by atoms with Gasteiger partial charge in [0, 0.05) is 17.3 Å². The van der Waals surface area contributed by atoms with Crippen molar-refractivity contribution in [1.29, 1.82) is 0 Å². The first-order chi connectivity index (χ1) is 12.9. The second-order valence-corrected chi connectivity index (χ2v) is 8.43. The highest BCUT2D eigenvalue weighted by Gasteiger charge is 2.19. The molecule has 0 spiro atoms. The van der Waals surface area contributed by atoms with Crippen LogP contribution in [0.5, 0.6) is 0 Å². The van der Waals surface area contributed by atoms with Gasteiger partial charge >= 0.3 is 0 Å². The number of para-hydroxylation sites is 1. The van der Waals surface area contributed by atoms with Crippen LogP contribution in [0.3, 0.4) is 0 Å². The van der Waals surface area contributed by atoms with Gasteiger partial charge in [-0.15, -0.1) is 11.3 Å². The Kier molecular flexibility index (Phi) is 4.37. The molecule has 0 atom stereocenters. The van der Waals surface area contributed by atoms with E-state index in [-0.39, 0.29) is 5.69 Å². The zero-order valence-corrected chi connectivity index (χ0v) is 15.3. The van der Waals surface area contributed by atoms with Gasteiger partial charge in [0.15, 0.2) is 0 Å². The van der Waals surface area contributed by atoms with Crippen molar-refractivity contribution in [2.24, 2.45) is 0 Å². The van der Waals surface area contributed by atoms with Crippen molar-refractivity contribution in [1.82, 2.24) is 4.98 Å². The van der Waals surface area contributed by atoms with Crippen LogP contribution in [-0.2, 0) is 10.0 Å². The summed E-state index contributed by atoms with van der Waals surface area (Å²) in [7, 11) is -4.16. The molecule has 0 bridgehead atoms. The van der Waals surface area contributed by atoms with Crippen molar-refractivity contribution >= 4 is 37.3 Å². The van der Waals surface area contributed by atoms with Crippen LogP contribution in [0, 0.1) is 11.6 Å². The molecule has 4 aromatic rings. The third-order valence-electron chi connectivity index (χ3n) is 3.86. The SMILES string of the molecule is O=S(=O)(Nc1ccc(-c2nc3ccccc3s2)cc1)c1ccc(F)cc1F. The second-order valence-electron chi connectivity index (χ2n) is 5.74. The molecule has 0 aliphatic rings. The third kappa shape index (κ3) is 3.54. The summed E-state index contributed by atoms with van der Waals surface area (Å²) in [6.45, 7) is 0. The molecule has 8 heteroatoms. The highest BCUT2D eigenvalue weighted by atomic mass is 32.2. The fourth-order valence-electron chi connectivity index (χ4n) is 2.58. The number of nitrogens with zero attached hydrogens (tertiary/aromatic N) is 1. The minimum absolute atomic E-state index is 0.267. The largest absolute Gasteiger partial charge is 0.280 e. The molecule has 0 saturated carbocycles. The number of hydrogen-bond acceptors (Lipinski definition) is 4. The normalized spacial score (nSPS) is 11.6. The number of fused-ring (bicyclic) bond motifs is 1. The molecule has 27 heavy (non-hydrogen) atoms. The minimum Gasteiger partial charge on any atom is -0.280 e. The summed E-state index contributed by atoms with van der Waals surface area (Å²) in [5.41, 5.74) is 2.00. The fraction of sp³-hybridized carbons (Fsp3) is 0. The maximum absolute atomic E-state index is 13.8. The summed E-state index contributed by atoms with van der Waals surface area (Å²) < 4.78 is 54.8. The first-order valence-electron chi connectivity index (χ1n) is 7.86. The summed E-state index contributed by atoms with van der Waals surface area (Å²) in [4.78, 5) is 3.94. The second kappa shape index (κ2) is 6.71. The van der Waals surface area contributed by atoms with Gasteiger partial charge in [0.25, 0.3) is 10.0 Å². The first-order valence-corrected chi connectivity index (χ1v) is 10.2. The number of rotatable bonds is 4. The van der Waals surface area contributed by atoms with Crippen LogP contribution in [0.2, 0.25) is 0 Å². The average molecular weight is 402 g/mol. The van der Waals surface area contributed by atoms with Crippen LogP contribution >= 0.6 is 11.3 Å². The number of aromatic nitrogens is 1. The fourth-order valence-corrected chi connectivity index (χ4v) is 4.67. The van der Waals surface area contributed by atoms with Crippen LogP contribution < -0.4 is 4.72 Å². The van der Waals surface area contributed by atoms with Crippen LogP contribution in [0.25, 0.3) is 20.8 Å². The molecule has 0 unspecified atom stereocenters. The first kappa shape index (κ1) is 17.6. The Hall–Kier alpha value is -2.84. The molecule has 1 aromatic heterocycles. The van der Waals surface area contributed by atoms with E-state index >= 15 is 0 Å². The number of benzene rings is 3. The van der Waals surface area contributed by atoms with Gasteiger partial charge in [0.05, 0.1) is 10.2 Å². The maximum atomic E-state index is 13.8. The number of anilines is 1. The van der Waals surface area contributed by atoms with Crippen LogP contribution in [-0.4, -0.2) is 13.4 Å². The van der Waals surface area contributed by atoms with Gasteiger partial charge < -0.3 is 0 Å². The molecule has 0 amide bonds. The van der Waals surface area contributed by atoms with E-state index in [1.165, 1.54) is 11.3 Å². The number of sulfonamides is 1. The maximum Gasteiger partial charge on any atom is 0.264 e. The molecular weight excluding hydrogens is 390 g/mol. The van der Waals surface area contributed by atoms with E-state index in [2.05, 4.69) is 9.71 Å². The summed E-state index contributed by atoms with van der Waals surface area (Å²) >= 11 is 1.53. The molecule has 0 aliphatic carbocycles. The highest BCUT2D eigenvalue weighted by molar-refractivity contribution is 7.92. The molecule has 4 nitrogen and oxygen atoms in total. The van der Waals surface area contributed by atoms with Gasteiger partial charge in [-0.3, -0.25) is 4.72 Å². The zero-order chi connectivity index (χ0) is 19.0. The topological polar surface area (TPSA) is 59.1 Å². The standard InChI is InChI=1S/C19H12F2N2O2S2/c20-13-7-10-18(15(21)11-13)27(24,25)23-14-8-5-12(6-9-14)19-22-16-3-1-2-4-17(16)26-19/h1-11,23H. The molecule has 1 heterocycles. The van der Waals surface area contributed by atoms with E-state index in [0.717, 1.165) is 32.9 Å². The summed E-state index contributed by atoms with van der Waals surface area (Å²) in [6.07, 6.45) is 0. The number of hydrogen-bond donors (Lipinski definition) is 1. The predicted octanol–water partition coefficient (Wildman–Crippen LogP) is 5.04. The molecule has 1 N–H and O–H groups in total. The lowest BCUT2D eigenvalue weighted by molar-refractivity contribution is 0.551. The van der Waals surface area contributed by atoms with Crippen molar-refractivity contribution in [3.8, 4) is 10.6 Å². The molecule has 4 rings (SSSR count). The molecule has 0 fully saturated rings. The van der Waals surface area contributed by atoms with Crippen molar-refractivity contribution < 1.29 is 17.2 Å². The van der Waals surface area contributed by atoms with Gasteiger partial charge in [0.1, 0.15) is 21.5 Å². The summed E-state index contributed by atoms with van der Waals surface area (Å²) in [5, 5.41) is 0.815. The third-order valence-corrected chi connectivity index (χ3v) is 6.36. The van der Waals surface area contributed by atoms with E-state index in [4.69, 9.17) is 0 Å².